The maximum atomic E-state index is 12.8. The van der Waals surface area contributed by atoms with E-state index in [4.69, 9.17) is 9.26 Å². The minimum absolute atomic E-state index is 0.0432. The summed E-state index contributed by atoms with van der Waals surface area (Å²) < 4.78 is 23.3. The van der Waals surface area contributed by atoms with Crippen molar-refractivity contribution in [3.63, 3.8) is 0 Å². The molecule has 24 heavy (non-hydrogen) atoms. The Labute approximate surface area is 139 Å². The lowest BCUT2D eigenvalue weighted by molar-refractivity contribution is 0.0987. The average molecular weight is 333 g/mol. The van der Waals surface area contributed by atoms with Crippen molar-refractivity contribution >= 4 is 11.6 Å². The maximum absolute atomic E-state index is 12.8. The van der Waals surface area contributed by atoms with Gasteiger partial charge in [-0.25, -0.2) is 4.39 Å². The van der Waals surface area contributed by atoms with Crippen LogP contribution in [0.5, 0.6) is 5.88 Å². The molecule has 0 atom stereocenters. The van der Waals surface area contributed by atoms with E-state index in [1.54, 1.807) is 0 Å². The second kappa shape index (κ2) is 7.44. The molecular weight excluding hydrogens is 313 g/mol. The summed E-state index contributed by atoms with van der Waals surface area (Å²) in [5.74, 6) is -0.506. The molecule has 1 aliphatic rings. The van der Waals surface area contributed by atoms with Crippen molar-refractivity contribution in [2.75, 3.05) is 25.5 Å². The van der Waals surface area contributed by atoms with Crippen molar-refractivity contribution < 1.29 is 18.4 Å². The molecule has 3 rings (SSSR count). The highest BCUT2D eigenvalue weighted by molar-refractivity contribution is 6.02. The van der Waals surface area contributed by atoms with Crippen LogP contribution in [0.3, 0.4) is 0 Å². The fourth-order valence-electron chi connectivity index (χ4n) is 2.46. The first-order chi connectivity index (χ1) is 11.6. The van der Waals surface area contributed by atoms with Gasteiger partial charge in [-0.05, 0) is 49.3 Å². The first-order valence-electron chi connectivity index (χ1n) is 7.98. The molecule has 0 spiro atoms. The minimum Gasteiger partial charge on any atom is -0.474 e. The number of ether oxygens (including phenoxy) is 1. The second-order valence-corrected chi connectivity index (χ2v) is 5.90. The summed E-state index contributed by atoms with van der Waals surface area (Å²) in [5.41, 5.74) is 0.474. The lowest BCUT2D eigenvalue weighted by Crippen LogP contribution is -2.39. The molecule has 1 N–H and O–H groups in total. The molecule has 128 valence electrons. The Hall–Kier alpha value is -2.41. The highest BCUT2D eigenvalue weighted by atomic mass is 19.1. The van der Waals surface area contributed by atoms with Crippen molar-refractivity contribution in [2.45, 2.75) is 25.3 Å². The maximum Gasteiger partial charge on any atom is 0.294 e. The summed E-state index contributed by atoms with van der Waals surface area (Å²) >= 11 is 0. The molecule has 0 bridgehead atoms. The van der Waals surface area contributed by atoms with Crippen molar-refractivity contribution in [1.29, 1.82) is 0 Å². The average Bonchev–Trinajstić information content (AvgIpc) is 2.97. The van der Waals surface area contributed by atoms with E-state index in [-0.39, 0.29) is 17.5 Å². The predicted octanol–water partition coefficient (Wildman–Crippen LogP) is 2.93. The molecular formula is C17H20FN3O3. The minimum atomic E-state index is -0.462. The van der Waals surface area contributed by atoms with Gasteiger partial charge >= 0.3 is 0 Å². The molecule has 1 aliphatic carbocycles. The highest BCUT2D eigenvalue weighted by Gasteiger charge is 2.21. The zero-order valence-corrected chi connectivity index (χ0v) is 13.5. The summed E-state index contributed by atoms with van der Waals surface area (Å²) in [4.78, 5) is 14.3. The number of hydrogen-bond donors (Lipinski definition) is 1. The van der Waals surface area contributed by atoms with Crippen LogP contribution in [-0.2, 0) is 0 Å². The summed E-state index contributed by atoms with van der Waals surface area (Å²) in [6.07, 6.45) is 3.79. The van der Waals surface area contributed by atoms with Crippen LogP contribution in [0, 0.1) is 5.82 Å². The number of carbonyl (C=O) groups excluding carboxylic acids is 1. The van der Waals surface area contributed by atoms with Gasteiger partial charge in [0.15, 0.2) is 0 Å². The molecule has 1 saturated carbocycles. The fraction of sp³-hybridized carbons (Fsp3) is 0.412. The molecule has 2 aromatic rings. The summed E-state index contributed by atoms with van der Waals surface area (Å²) in [6.45, 7) is 1.28. The number of halogens is 1. The van der Waals surface area contributed by atoms with Crippen molar-refractivity contribution in [2.24, 2.45) is 0 Å². The molecule has 1 aromatic carbocycles. The van der Waals surface area contributed by atoms with Gasteiger partial charge in [0.25, 0.3) is 11.8 Å². The Kier molecular flexibility index (Phi) is 5.10. The van der Waals surface area contributed by atoms with Crippen molar-refractivity contribution in [1.82, 2.24) is 10.1 Å². The quantitative estimate of drug-likeness (QED) is 0.844. The van der Waals surface area contributed by atoms with Crippen LogP contribution in [-0.4, -0.2) is 42.2 Å². The van der Waals surface area contributed by atoms with E-state index in [1.165, 1.54) is 49.6 Å². The fourth-order valence-corrected chi connectivity index (χ4v) is 2.46. The van der Waals surface area contributed by atoms with Gasteiger partial charge in [-0.15, -0.1) is 0 Å². The molecule has 1 aromatic heterocycles. The molecule has 0 saturated heterocycles. The molecule has 6 nitrogen and oxygen atoms in total. The van der Waals surface area contributed by atoms with Gasteiger partial charge in [0.1, 0.15) is 12.4 Å². The number of hydrogen-bond acceptors (Lipinski definition) is 5. The number of rotatable bonds is 7. The van der Waals surface area contributed by atoms with Crippen LogP contribution in [0.4, 0.5) is 10.1 Å². The molecule has 0 unspecified atom stereocenters. The Bertz CT molecular complexity index is 683. The topological polar surface area (TPSA) is 67.6 Å². The number of nitrogens with zero attached hydrogens (tertiary/aromatic N) is 2. The van der Waals surface area contributed by atoms with E-state index in [9.17, 15) is 9.18 Å². The monoisotopic (exact) mass is 333 g/mol. The Balaban J connectivity index is 1.47. The Morgan fingerprint density at radius 2 is 2.17 bits per heavy atom. The van der Waals surface area contributed by atoms with Gasteiger partial charge < -0.3 is 19.5 Å². The lowest BCUT2D eigenvalue weighted by Gasteiger charge is -2.34. The number of nitrogens with one attached hydrogen (secondary N) is 1. The third-order valence-corrected chi connectivity index (χ3v) is 4.21. The highest BCUT2D eigenvalue weighted by Crippen LogP contribution is 2.23. The zero-order valence-electron chi connectivity index (χ0n) is 13.5. The number of benzene rings is 1. The van der Waals surface area contributed by atoms with Gasteiger partial charge in [0.05, 0.1) is 6.07 Å². The number of amides is 1. The third kappa shape index (κ3) is 4.11. The summed E-state index contributed by atoms with van der Waals surface area (Å²) in [7, 11) is 2.08. The van der Waals surface area contributed by atoms with Gasteiger partial charge in [-0.1, -0.05) is 6.42 Å². The number of anilines is 1. The van der Waals surface area contributed by atoms with Crippen LogP contribution < -0.4 is 10.1 Å². The van der Waals surface area contributed by atoms with Gasteiger partial charge in [0, 0.05) is 18.3 Å². The van der Waals surface area contributed by atoms with Crippen LogP contribution >= 0.6 is 0 Å². The number of aromatic nitrogens is 1. The molecule has 0 aliphatic heterocycles. The van der Waals surface area contributed by atoms with E-state index in [0.717, 1.165) is 6.54 Å². The van der Waals surface area contributed by atoms with Crippen molar-refractivity contribution in [3.05, 3.63) is 41.9 Å². The standard InChI is InChI=1S/C17H20FN3O3/c1-21(14-3-2-4-14)9-10-23-16-11-15(24-20-16)17(22)19-13-7-5-12(18)6-8-13/h5-8,11,14H,2-4,9-10H2,1H3,(H,19,22). The second-order valence-electron chi connectivity index (χ2n) is 5.90. The van der Waals surface area contributed by atoms with Crippen LogP contribution in [0.15, 0.2) is 34.9 Å². The Morgan fingerprint density at radius 3 is 2.83 bits per heavy atom. The first-order valence-corrected chi connectivity index (χ1v) is 7.98. The summed E-state index contributed by atoms with van der Waals surface area (Å²) in [6, 6.07) is 7.58. The first kappa shape index (κ1) is 16.4. The van der Waals surface area contributed by atoms with Crippen LogP contribution in [0.2, 0.25) is 0 Å². The zero-order chi connectivity index (χ0) is 16.9. The SMILES string of the molecule is CN(CCOc1cc(C(=O)Nc2ccc(F)cc2)on1)C1CCC1. The Morgan fingerprint density at radius 1 is 1.42 bits per heavy atom. The molecule has 1 heterocycles. The van der Waals surface area contributed by atoms with Gasteiger partial charge in [-0.2, -0.15) is 0 Å². The number of carbonyl (C=O) groups is 1. The number of likely N-dealkylation sites (N-methyl/N-ethyl adjacent to an activating group) is 1. The molecule has 0 radical (unpaired) electrons. The van der Waals surface area contributed by atoms with E-state index in [0.29, 0.717) is 18.3 Å². The van der Waals surface area contributed by atoms with Crippen LogP contribution in [0.1, 0.15) is 29.8 Å². The molecule has 7 heteroatoms. The van der Waals surface area contributed by atoms with E-state index in [1.807, 2.05) is 0 Å². The van der Waals surface area contributed by atoms with Gasteiger partial charge in [-0.3, -0.25) is 4.79 Å². The molecule has 1 amide bonds. The smallest absolute Gasteiger partial charge is 0.294 e. The van der Waals surface area contributed by atoms with Crippen molar-refractivity contribution in [3.8, 4) is 5.88 Å². The molecule has 1 fully saturated rings. The predicted molar refractivity (Wildman–Crippen MR) is 86.6 cm³/mol. The van der Waals surface area contributed by atoms with E-state index in [2.05, 4.69) is 22.4 Å². The van der Waals surface area contributed by atoms with E-state index < -0.39 is 5.91 Å². The largest absolute Gasteiger partial charge is 0.474 e. The van der Waals surface area contributed by atoms with E-state index >= 15 is 0 Å². The van der Waals surface area contributed by atoms with Crippen LogP contribution in [0.25, 0.3) is 0 Å². The third-order valence-electron chi connectivity index (χ3n) is 4.21. The van der Waals surface area contributed by atoms with Gasteiger partial charge in [0.2, 0.25) is 5.76 Å². The lowest BCUT2D eigenvalue weighted by atomic mass is 9.92. The normalized spacial score (nSPS) is 14.5. The summed E-state index contributed by atoms with van der Waals surface area (Å²) in [5, 5.41) is 6.33.